The molecule has 0 aliphatic carbocycles. The highest BCUT2D eigenvalue weighted by atomic mass is 16.5. The number of carbonyl (C=O) groups excluding carboxylic acids is 2. The van der Waals surface area contributed by atoms with Crippen LogP contribution >= 0.6 is 0 Å². The number of benzene rings is 2. The molecule has 2 amide bonds. The zero-order valence-electron chi connectivity index (χ0n) is 20.8. The molecule has 0 radical (unpaired) electrons. The van der Waals surface area contributed by atoms with Gasteiger partial charge in [0, 0.05) is 32.1 Å². The number of nitrogens with zero attached hydrogens (tertiary/aromatic N) is 2. The molecule has 0 aliphatic heterocycles. The zero-order valence-corrected chi connectivity index (χ0v) is 20.8. The van der Waals surface area contributed by atoms with Gasteiger partial charge >= 0.3 is 0 Å². The number of hydrogen-bond acceptors (Lipinski definition) is 8. The summed E-state index contributed by atoms with van der Waals surface area (Å²) >= 11 is 0. The second kappa shape index (κ2) is 11.7. The van der Waals surface area contributed by atoms with E-state index in [2.05, 4.69) is 10.5 Å². The number of nitrogens with one attached hydrogen (secondary N) is 2. The highest BCUT2D eigenvalue weighted by molar-refractivity contribution is 6.02. The summed E-state index contributed by atoms with van der Waals surface area (Å²) in [7, 11) is 1.86. The van der Waals surface area contributed by atoms with Gasteiger partial charge in [-0.1, -0.05) is 43.3 Å². The monoisotopic (exact) mass is 496 g/mol. The lowest BCUT2D eigenvalue weighted by molar-refractivity contribution is -0.129. The van der Waals surface area contributed by atoms with Crippen molar-refractivity contribution < 1.29 is 29.5 Å². The minimum absolute atomic E-state index is 0.0155. The van der Waals surface area contributed by atoms with E-state index in [1.54, 1.807) is 18.5 Å². The summed E-state index contributed by atoms with van der Waals surface area (Å²) in [6.45, 7) is 7.07. The Bertz CT molecular complexity index is 1220. The van der Waals surface area contributed by atoms with E-state index in [0.717, 1.165) is 5.56 Å². The smallest absolute Gasteiger partial charge is 0.274 e. The molecular formula is C26H32N4O6. The third-order valence-corrected chi connectivity index (χ3v) is 5.80. The first-order chi connectivity index (χ1) is 17.2. The molecule has 0 bridgehead atoms. The van der Waals surface area contributed by atoms with Gasteiger partial charge in [-0.25, -0.2) is 5.48 Å². The predicted octanol–water partition coefficient (Wildman–Crippen LogP) is 3.62. The van der Waals surface area contributed by atoms with E-state index in [0.29, 0.717) is 41.9 Å². The summed E-state index contributed by atoms with van der Waals surface area (Å²) in [5.41, 5.74) is 4.71. The molecule has 192 valence electrons. The van der Waals surface area contributed by atoms with Crippen LogP contribution in [-0.4, -0.2) is 57.4 Å². The molecule has 10 nitrogen and oxygen atoms in total. The third kappa shape index (κ3) is 6.02. The van der Waals surface area contributed by atoms with E-state index < -0.39 is 11.8 Å². The Morgan fingerprint density at radius 3 is 2.42 bits per heavy atom. The molecule has 0 saturated heterocycles. The van der Waals surface area contributed by atoms with Crippen molar-refractivity contribution in [3.63, 3.8) is 0 Å². The Morgan fingerprint density at radius 2 is 1.81 bits per heavy atom. The van der Waals surface area contributed by atoms with Gasteiger partial charge in [0.05, 0.1) is 11.1 Å². The summed E-state index contributed by atoms with van der Waals surface area (Å²) < 4.78 is 5.60. The normalized spacial score (nSPS) is 11.2. The predicted molar refractivity (Wildman–Crippen MR) is 134 cm³/mol. The molecule has 5 N–H and O–H groups in total. The number of aromatic nitrogens is 1. The summed E-state index contributed by atoms with van der Waals surface area (Å²) in [5, 5.41) is 36.3. The van der Waals surface area contributed by atoms with Crippen LogP contribution in [0.4, 0.5) is 0 Å². The minimum Gasteiger partial charge on any atom is -0.508 e. The highest BCUT2D eigenvalue weighted by Gasteiger charge is 2.27. The van der Waals surface area contributed by atoms with Crippen LogP contribution in [0.3, 0.4) is 0 Å². The van der Waals surface area contributed by atoms with Crippen molar-refractivity contribution in [2.24, 2.45) is 0 Å². The van der Waals surface area contributed by atoms with E-state index >= 15 is 0 Å². The Hall–Kier alpha value is -3.89. The van der Waals surface area contributed by atoms with Crippen molar-refractivity contribution in [2.45, 2.75) is 39.7 Å². The lowest BCUT2D eigenvalue weighted by Gasteiger charge is -2.16. The fourth-order valence-corrected chi connectivity index (χ4v) is 3.90. The average Bonchev–Trinajstić information content (AvgIpc) is 3.28. The van der Waals surface area contributed by atoms with Crippen LogP contribution in [0.15, 0.2) is 40.9 Å². The maximum absolute atomic E-state index is 12.8. The zero-order chi connectivity index (χ0) is 26.4. The quantitative estimate of drug-likeness (QED) is 0.211. The van der Waals surface area contributed by atoms with Crippen LogP contribution in [0.1, 0.15) is 54.7 Å². The highest BCUT2D eigenvalue weighted by Crippen LogP contribution is 2.43. The van der Waals surface area contributed by atoms with E-state index in [4.69, 9.17) is 9.73 Å². The molecule has 0 spiro atoms. The van der Waals surface area contributed by atoms with Crippen LogP contribution in [0.2, 0.25) is 0 Å². The van der Waals surface area contributed by atoms with Gasteiger partial charge in [0.1, 0.15) is 11.5 Å². The maximum atomic E-state index is 12.8. The number of phenols is 2. The number of phenolic OH excluding ortho intramolecular Hbond substituents is 2. The first kappa shape index (κ1) is 26.7. The summed E-state index contributed by atoms with van der Waals surface area (Å²) in [6, 6.07) is 10.4. The minimum atomic E-state index is -0.451. The largest absolute Gasteiger partial charge is 0.508 e. The van der Waals surface area contributed by atoms with Crippen LogP contribution in [0.5, 0.6) is 11.5 Å². The Labute approximate surface area is 209 Å². The lowest BCUT2D eigenvalue weighted by Crippen LogP contribution is -2.26. The van der Waals surface area contributed by atoms with Crippen LogP contribution in [-0.2, 0) is 11.3 Å². The molecular weight excluding hydrogens is 464 g/mol. The third-order valence-electron chi connectivity index (χ3n) is 5.80. The Morgan fingerprint density at radius 1 is 1.11 bits per heavy atom. The van der Waals surface area contributed by atoms with Gasteiger partial charge < -0.3 is 25.0 Å². The first-order valence-electron chi connectivity index (χ1n) is 11.7. The van der Waals surface area contributed by atoms with E-state index in [-0.39, 0.29) is 35.3 Å². The SMILES string of the molecule is CCNC(=O)c1noc(-c2cc(C(C)C)c(O)cc2O)c1-c1ccc(CN(C)CCC(=O)NO)cc1. The van der Waals surface area contributed by atoms with E-state index in [1.165, 1.54) is 6.07 Å². The van der Waals surface area contributed by atoms with Crippen molar-refractivity contribution in [1.29, 1.82) is 0 Å². The second-order valence-electron chi connectivity index (χ2n) is 8.90. The van der Waals surface area contributed by atoms with Gasteiger partial charge in [-0.05, 0) is 42.6 Å². The van der Waals surface area contributed by atoms with Crippen molar-refractivity contribution in [3.8, 4) is 33.9 Å². The van der Waals surface area contributed by atoms with Gasteiger partial charge in [0.15, 0.2) is 11.5 Å². The molecule has 0 saturated carbocycles. The van der Waals surface area contributed by atoms with Gasteiger partial charge in [0.2, 0.25) is 5.91 Å². The fourth-order valence-electron chi connectivity index (χ4n) is 3.90. The number of amides is 2. The van der Waals surface area contributed by atoms with Crippen molar-refractivity contribution in [3.05, 3.63) is 53.2 Å². The molecule has 10 heteroatoms. The molecule has 0 aliphatic rings. The molecule has 1 heterocycles. The topological polar surface area (TPSA) is 148 Å². The first-order valence-corrected chi connectivity index (χ1v) is 11.7. The number of hydroxylamine groups is 1. The number of carbonyl (C=O) groups is 2. The Balaban J connectivity index is 2.00. The number of rotatable bonds is 10. The standard InChI is InChI=1S/C26H32N4O6/c1-5-27-26(34)24-23(17-8-6-16(7-9-17)14-30(4)11-10-22(33)28-35)25(36-29-24)19-12-18(15(2)3)20(31)13-21(19)32/h6-9,12-13,15,31-32,35H,5,10-11,14H2,1-4H3,(H,27,34)(H,28,33). The molecule has 1 aromatic heterocycles. The molecule has 3 rings (SSSR count). The summed E-state index contributed by atoms with van der Waals surface area (Å²) in [6.07, 6.45) is 0.166. The van der Waals surface area contributed by atoms with Crippen molar-refractivity contribution in [1.82, 2.24) is 20.9 Å². The van der Waals surface area contributed by atoms with Gasteiger partial charge in [0.25, 0.3) is 5.91 Å². The van der Waals surface area contributed by atoms with Crippen LogP contribution in [0, 0.1) is 0 Å². The molecule has 0 unspecified atom stereocenters. The molecule has 3 aromatic rings. The molecule has 2 aromatic carbocycles. The van der Waals surface area contributed by atoms with Crippen LogP contribution in [0.25, 0.3) is 22.5 Å². The van der Waals surface area contributed by atoms with Crippen molar-refractivity contribution in [2.75, 3.05) is 20.1 Å². The second-order valence-corrected chi connectivity index (χ2v) is 8.90. The molecule has 0 atom stereocenters. The molecule has 0 fully saturated rings. The van der Waals surface area contributed by atoms with E-state index in [9.17, 15) is 19.8 Å². The lowest BCUT2D eigenvalue weighted by atomic mass is 9.94. The summed E-state index contributed by atoms with van der Waals surface area (Å²) in [4.78, 5) is 26.0. The van der Waals surface area contributed by atoms with Crippen molar-refractivity contribution >= 4 is 11.8 Å². The average molecular weight is 497 g/mol. The molecule has 36 heavy (non-hydrogen) atoms. The van der Waals surface area contributed by atoms with Gasteiger partial charge in [-0.3, -0.25) is 14.8 Å². The maximum Gasteiger partial charge on any atom is 0.274 e. The fraction of sp³-hybridized carbons (Fsp3) is 0.346. The van der Waals surface area contributed by atoms with Gasteiger partial charge in [-0.2, -0.15) is 0 Å². The number of hydrogen-bond donors (Lipinski definition) is 5. The van der Waals surface area contributed by atoms with Gasteiger partial charge in [-0.15, -0.1) is 0 Å². The number of aromatic hydroxyl groups is 2. The van der Waals surface area contributed by atoms with Crippen LogP contribution < -0.4 is 10.8 Å². The van der Waals surface area contributed by atoms with E-state index in [1.807, 2.05) is 50.1 Å². The Kier molecular flexibility index (Phi) is 8.68. The summed E-state index contributed by atoms with van der Waals surface area (Å²) in [5.74, 6) is -0.874.